The molecule has 2 aromatic rings. The molecule has 0 spiro atoms. The van der Waals surface area contributed by atoms with Gasteiger partial charge in [0.25, 0.3) is 0 Å². The Bertz CT molecular complexity index is 1050. The Balaban J connectivity index is 1.41. The summed E-state index contributed by atoms with van der Waals surface area (Å²) in [6.07, 6.45) is 2.90. The number of rotatable bonds is 10. The molecule has 1 heterocycles. The number of amides is 2. The van der Waals surface area contributed by atoms with Gasteiger partial charge in [-0.2, -0.15) is 5.26 Å². The number of carboxylic acid groups (broad SMARTS) is 1. The lowest BCUT2D eigenvalue weighted by Gasteiger charge is -2.32. The zero-order chi connectivity index (χ0) is 25.2. The number of carboxylic acids is 1. The summed E-state index contributed by atoms with van der Waals surface area (Å²) in [5.74, 6) is -0.465. The second-order valence-electron chi connectivity index (χ2n) is 8.85. The van der Waals surface area contributed by atoms with E-state index in [9.17, 15) is 19.5 Å². The van der Waals surface area contributed by atoms with Gasteiger partial charge in [-0.3, -0.25) is 9.59 Å². The van der Waals surface area contributed by atoms with Crippen molar-refractivity contribution in [1.29, 1.82) is 5.26 Å². The maximum atomic E-state index is 12.6. The average molecular weight is 478 g/mol. The maximum Gasteiger partial charge on any atom is 0.326 e. The molecule has 0 aromatic heterocycles. The van der Waals surface area contributed by atoms with Crippen molar-refractivity contribution < 1.29 is 24.2 Å². The molecule has 1 aliphatic rings. The van der Waals surface area contributed by atoms with E-state index in [1.165, 1.54) is 0 Å². The standard InChI is InChI=1S/C27H31N3O5/c1-35-23-9-6-20(7-10-23)16-24(27(33)34)29-25(31)17-21-12-14-30(15-13-21)26(32)11-8-19-2-4-22(18-28)5-3-19/h2-7,9-10,21,24H,8,11-17H2,1H3,(H,29,31)(H,33,34)/t24-/m0/s1. The number of nitrogens with zero attached hydrogens (tertiary/aromatic N) is 2. The molecule has 0 aliphatic carbocycles. The van der Waals surface area contributed by atoms with Gasteiger partial charge < -0.3 is 20.1 Å². The van der Waals surface area contributed by atoms with E-state index in [1.807, 2.05) is 17.0 Å². The van der Waals surface area contributed by atoms with Gasteiger partial charge in [-0.05, 0) is 60.6 Å². The molecule has 8 nitrogen and oxygen atoms in total. The zero-order valence-electron chi connectivity index (χ0n) is 19.9. The predicted molar refractivity (Wildman–Crippen MR) is 130 cm³/mol. The average Bonchev–Trinajstić information content (AvgIpc) is 2.88. The number of methoxy groups -OCH3 is 1. The summed E-state index contributed by atoms with van der Waals surface area (Å²) in [6, 6.07) is 15.4. The van der Waals surface area contributed by atoms with Crippen molar-refractivity contribution in [3.63, 3.8) is 0 Å². The predicted octanol–water partition coefficient (Wildman–Crippen LogP) is 2.94. The molecule has 1 saturated heterocycles. The monoisotopic (exact) mass is 477 g/mol. The fourth-order valence-electron chi connectivity index (χ4n) is 4.25. The van der Waals surface area contributed by atoms with E-state index in [-0.39, 0.29) is 30.6 Å². The number of nitrogens with one attached hydrogen (secondary N) is 1. The number of carbonyl (C=O) groups is 3. The third-order valence-corrected chi connectivity index (χ3v) is 6.38. The second-order valence-corrected chi connectivity index (χ2v) is 8.85. The molecule has 2 N–H and O–H groups in total. The van der Waals surface area contributed by atoms with Crippen LogP contribution in [0, 0.1) is 17.2 Å². The molecular formula is C27H31N3O5. The molecular weight excluding hydrogens is 446 g/mol. The quantitative estimate of drug-likeness (QED) is 0.543. The summed E-state index contributed by atoms with van der Waals surface area (Å²) in [5.41, 5.74) is 2.42. The number of aryl methyl sites for hydroxylation is 1. The van der Waals surface area contributed by atoms with Crippen molar-refractivity contribution in [2.75, 3.05) is 20.2 Å². The molecule has 0 bridgehead atoms. The number of aliphatic carboxylic acids is 1. The van der Waals surface area contributed by atoms with E-state index < -0.39 is 12.0 Å². The van der Waals surface area contributed by atoms with E-state index in [0.29, 0.717) is 50.1 Å². The van der Waals surface area contributed by atoms with Crippen LogP contribution in [0.25, 0.3) is 0 Å². The third kappa shape index (κ3) is 7.85. The lowest BCUT2D eigenvalue weighted by atomic mass is 9.92. The van der Waals surface area contributed by atoms with Gasteiger partial charge in [-0.15, -0.1) is 0 Å². The molecule has 1 atom stereocenters. The summed E-state index contributed by atoms with van der Waals surface area (Å²) in [7, 11) is 1.56. The largest absolute Gasteiger partial charge is 0.497 e. The highest BCUT2D eigenvalue weighted by atomic mass is 16.5. The minimum absolute atomic E-state index is 0.0858. The van der Waals surface area contributed by atoms with Crippen LogP contribution in [0.15, 0.2) is 48.5 Å². The van der Waals surface area contributed by atoms with Crippen LogP contribution in [0.5, 0.6) is 5.75 Å². The van der Waals surface area contributed by atoms with E-state index in [1.54, 1.807) is 43.5 Å². The van der Waals surface area contributed by atoms with Crippen molar-refractivity contribution in [3.8, 4) is 11.8 Å². The first kappa shape index (κ1) is 25.8. The van der Waals surface area contributed by atoms with E-state index in [2.05, 4.69) is 11.4 Å². The second kappa shape index (κ2) is 12.6. The van der Waals surface area contributed by atoms with E-state index >= 15 is 0 Å². The number of nitriles is 1. The molecule has 2 aromatic carbocycles. The van der Waals surface area contributed by atoms with Crippen LogP contribution in [0.2, 0.25) is 0 Å². The Morgan fingerprint density at radius 1 is 1.09 bits per heavy atom. The Labute approximate surface area is 205 Å². The molecule has 0 unspecified atom stereocenters. The SMILES string of the molecule is COc1ccc(C[C@H](NC(=O)CC2CCN(C(=O)CCc3ccc(C#N)cc3)CC2)C(=O)O)cc1. The van der Waals surface area contributed by atoms with Crippen LogP contribution in [0.1, 0.15) is 42.4 Å². The summed E-state index contributed by atoms with van der Waals surface area (Å²) < 4.78 is 5.11. The van der Waals surface area contributed by atoms with Crippen LogP contribution in [0.3, 0.4) is 0 Å². The number of hydrogen-bond donors (Lipinski definition) is 2. The molecule has 184 valence electrons. The third-order valence-electron chi connectivity index (χ3n) is 6.38. The van der Waals surface area contributed by atoms with Crippen molar-refractivity contribution in [2.45, 2.75) is 44.6 Å². The Kier molecular flexibility index (Phi) is 9.24. The van der Waals surface area contributed by atoms with Gasteiger partial charge in [0, 0.05) is 32.4 Å². The smallest absolute Gasteiger partial charge is 0.326 e. The van der Waals surface area contributed by atoms with Crippen LogP contribution in [-0.2, 0) is 27.2 Å². The van der Waals surface area contributed by atoms with Crippen LogP contribution >= 0.6 is 0 Å². The van der Waals surface area contributed by atoms with Gasteiger partial charge in [0.1, 0.15) is 11.8 Å². The van der Waals surface area contributed by atoms with Gasteiger partial charge in [0.15, 0.2) is 0 Å². The summed E-state index contributed by atoms with van der Waals surface area (Å²) in [6.45, 7) is 1.19. The normalized spacial score (nSPS) is 14.6. The van der Waals surface area contributed by atoms with Gasteiger partial charge in [0.2, 0.25) is 11.8 Å². The highest BCUT2D eigenvalue weighted by Gasteiger charge is 2.26. The molecule has 3 rings (SSSR count). The lowest BCUT2D eigenvalue weighted by Crippen LogP contribution is -2.44. The molecule has 1 aliphatic heterocycles. The Morgan fingerprint density at radius 3 is 2.29 bits per heavy atom. The van der Waals surface area contributed by atoms with Gasteiger partial charge >= 0.3 is 5.97 Å². The summed E-state index contributed by atoms with van der Waals surface area (Å²) in [4.78, 5) is 38.6. The van der Waals surface area contributed by atoms with Gasteiger partial charge in [-0.25, -0.2) is 4.79 Å². The minimum atomic E-state index is -1.07. The first-order chi connectivity index (χ1) is 16.9. The molecule has 0 saturated carbocycles. The van der Waals surface area contributed by atoms with Gasteiger partial charge in [0.05, 0.1) is 18.7 Å². The van der Waals surface area contributed by atoms with Crippen LogP contribution < -0.4 is 10.1 Å². The zero-order valence-corrected chi connectivity index (χ0v) is 19.9. The lowest BCUT2D eigenvalue weighted by molar-refractivity contribution is -0.142. The number of carbonyl (C=O) groups excluding carboxylic acids is 2. The van der Waals surface area contributed by atoms with Crippen LogP contribution in [0.4, 0.5) is 0 Å². The van der Waals surface area contributed by atoms with E-state index in [4.69, 9.17) is 10.00 Å². The molecule has 0 radical (unpaired) electrons. The summed E-state index contributed by atoms with van der Waals surface area (Å²) >= 11 is 0. The number of piperidine rings is 1. The first-order valence-corrected chi connectivity index (χ1v) is 11.8. The fraction of sp³-hybridized carbons (Fsp3) is 0.407. The van der Waals surface area contributed by atoms with Crippen molar-refractivity contribution in [3.05, 3.63) is 65.2 Å². The topological polar surface area (TPSA) is 120 Å². The summed E-state index contributed by atoms with van der Waals surface area (Å²) in [5, 5.41) is 21.1. The minimum Gasteiger partial charge on any atom is -0.497 e. The van der Waals surface area contributed by atoms with Gasteiger partial charge in [-0.1, -0.05) is 24.3 Å². The van der Waals surface area contributed by atoms with Crippen molar-refractivity contribution in [2.24, 2.45) is 5.92 Å². The highest BCUT2D eigenvalue weighted by Crippen LogP contribution is 2.22. The number of likely N-dealkylation sites (tertiary alicyclic amines) is 1. The molecule has 35 heavy (non-hydrogen) atoms. The highest BCUT2D eigenvalue weighted by molar-refractivity contribution is 5.84. The van der Waals surface area contributed by atoms with Crippen molar-refractivity contribution >= 4 is 17.8 Å². The first-order valence-electron chi connectivity index (χ1n) is 11.8. The van der Waals surface area contributed by atoms with Crippen LogP contribution in [-0.4, -0.2) is 54.0 Å². The number of benzene rings is 2. The molecule has 2 amide bonds. The number of hydrogen-bond acceptors (Lipinski definition) is 5. The fourth-order valence-corrected chi connectivity index (χ4v) is 4.25. The maximum absolute atomic E-state index is 12.6. The number of ether oxygens (including phenoxy) is 1. The molecule has 8 heteroatoms. The Morgan fingerprint density at radius 2 is 1.71 bits per heavy atom. The molecule has 1 fully saturated rings. The van der Waals surface area contributed by atoms with E-state index in [0.717, 1.165) is 11.1 Å². The van der Waals surface area contributed by atoms with Crippen molar-refractivity contribution in [1.82, 2.24) is 10.2 Å². The Hall–Kier alpha value is -3.86.